The molecule has 21 heavy (non-hydrogen) atoms. The smallest absolute Gasteiger partial charge is 0.267 e. The summed E-state index contributed by atoms with van der Waals surface area (Å²) in [6.45, 7) is 4.02. The molecule has 0 aliphatic heterocycles. The fourth-order valence-corrected chi connectivity index (χ4v) is 2.97. The molecule has 0 radical (unpaired) electrons. The lowest BCUT2D eigenvalue weighted by molar-refractivity contribution is 0.0849. The molecule has 0 fully saturated rings. The van der Waals surface area contributed by atoms with Crippen molar-refractivity contribution in [2.75, 3.05) is 0 Å². The largest absolute Gasteiger partial charge is 0.279 e. The van der Waals surface area contributed by atoms with Crippen LogP contribution in [0.5, 0.6) is 0 Å². The van der Waals surface area contributed by atoms with Crippen molar-refractivity contribution in [3.8, 4) is 0 Å². The Morgan fingerprint density at radius 1 is 1.14 bits per heavy atom. The van der Waals surface area contributed by atoms with Gasteiger partial charge < -0.3 is 0 Å². The first kappa shape index (κ1) is 15.5. The first-order valence-electron chi connectivity index (χ1n) is 6.46. The van der Waals surface area contributed by atoms with Gasteiger partial charge in [0.05, 0.1) is 4.88 Å². The number of nitrogens with one attached hydrogen (secondary N) is 2. The minimum Gasteiger partial charge on any atom is -0.267 e. The standard InChI is InChI=1S/C15H15ClN2O2S/c1-3-10-8-13(21-9(10)2)15(20)18-17-14(19)11-4-6-12(16)7-5-11/h4-8H,3H2,1-2H3,(H,17,19)(H,18,20). The van der Waals surface area contributed by atoms with E-state index in [-0.39, 0.29) is 11.8 Å². The summed E-state index contributed by atoms with van der Waals surface area (Å²) < 4.78 is 0. The van der Waals surface area contributed by atoms with Gasteiger partial charge >= 0.3 is 0 Å². The Labute approximate surface area is 132 Å². The maximum absolute atomic E-state index is 12.0. The van der Waals surface area contributed by atoms with Crippen LogP contribution in [0, 0.1) is 6.92 Å². The monoisotopic (exact) mass is 322 g/mol. The van der Waals surface area contributed by atoms with E-state index < -0.39 is 0 Å². The first-order chi connectivity index (χ1) is 10.0. The molecule has 0 bridgehead atoms. The van der Waals surface area contributed by atoms with Crippen LogP contribution in [-0.4, -0.2) is 11.8 Å². The third-order valence-corrected chi connectivity index (χ3v) is 4.36. The van der Waals surface area contributed by atoms with Crippen molar-refractivity contribution < 1.29 is 9.59 Å². The van der Waals surface area contributed by atoms with Gasteiger partial charge in [-0.25, -0.2) is 0 Å². The minimum absolute atomic E-state index is 0.315. The third kappa shape index (κ3) is 3.83. The summed E-state index contributed by atoms with van der Waals surface area (Å²) in [5.41, 5.74) is 6.38. The topological polar surface area (TPSA) is 58.2 Å². The van der Waals surface area contributed by atoms with Crippen LogP contribution in [0.4, 0.5) is 0 Å². The Kier molecular flexibility index (Phi) is 4.98. The molecule has 1 heterocycles. The van der Waals surface area contributed by atoms with Gasteiger partial charge in [-0.3, -0.25) is 20.4 Å². The maximum Gasteiger partial charge on any atom is 0.279 e. The Balaban J connectivity index is 1.97. The van der Waals surface area contributed by atoms with Crippen LogP contribution >= 0.6 is 22.9 Å². The zero-order chi connectivity index (χ0) is 15.4. The summed E-state index contributed by atoms with van der Waals surface area (Å²) in [5.74, 6) is -0.700. The average molecular weight is 323 g/mol. The summed E-state index contributed by atoms with van der Waals surface area (Å²) in [4.78, 5) is 25.5. The van der Waals surface area contributed by atoms with Crippen molar-refractivity contribution in [1.82, 2.24) is 10.9 Å². The molecular weight excluding hydrogens is 308 g/mol. The third-order valence-electron chi connectivity index (χ3n) is 3.02. The van der Waals surface area contributed by atoms with Crippen LogP contribution in [0.25, 0.3) is 0 Å². The normalized spacial score (nSPS) is 10.2. The predicted molar refractivity (Wildman–Crippen MR) is 84.8 cm³/mol. The lowest BCUT2D eigenvalue weighted by atomic mass is 10.2. The zero-order valence-electron chi connectivity index (χ0n) is 11.7. The van der Waals surface area contributed by atoms with Crippen LogP contribution in [0.3, 0.4) is 0 Å². The van der Waals surface area contributed by atoms with E-state index in [1.54, 1.807) is 24.3 Å². The Morgan fingerprint density at radius 2 is 1.76 bits per heavy atom. The molecule has 2 aromatic rings. The molecule has 6 heteroatoms. The van der Waals surface area contributed by atoms with E-state index in [1.807, 2.05) is 19.9 Å². The highest BCUT2D eigenvalue weighted by Gasteiger charge is 2.13. The Morgan fingerprint density at radius 3 is 2.33 bits per heavy atom. The van der Waals surface area contributed by atoms with Gasteiger partial charge in [0.2, 0.25) is 0 Å². The minimum atomic E-state index is -0.385. The van der Waals surface area contributed by atoms with E-state index in [0.29, 0.717) is 15.5 Å². The van der Waals surface area contributed by atoms with Crippen molar-refractivity contribution in [3.05, 3.63) is 56.2 Å². The number of carbonyl (C=O) groups excluding carboxylic acids is 2. The van der Waals surface area contributed by atoms with Gasteiger partial charge in [-0.15, -0.1) is 11.3 Å². The van der Waals surface area contributed by atoms with E-state index in [4.69, 9.17) is 11.6 Å². The molecule has 2 rings (SSSR count). The number of rotatable bonds is 3. The number of carbonyl (C=O) groups is 2. The van der Waals surface area contributed by atoms with Crippen molar-refractivity contribution in [2.45, 2.75) is 20.3 Å². The number of benzene rings is 1. The summed E-state index contributed by atoms with van der Waals surface area (Å²) >= 11 is 7.17. The highest BCUT2D eigenvalue weighted by Crippen LogP contribution is 2.21. The second-order valence-corrected chi connectivity index (χ2v) is 6.15. The SMILES string of the molecule is CCc1cc(C(=O)NNC(=O)c2ccc(Cl)cc2)sc1C. The van der Waals surface area contributed by atoms with Crippen molar-refractivity contribution >= 4 is 34.8 Å². The van der Waals surface area contributed by atoms with Gasteiger partial charge in [-0.05, 0) is 49.2 Å². The van der Waals surface area contributed by atoms with Crippen LogP contribution in [0.15, 0.2) is 30.3 Å². The van der Waals surface area contributed by atoms with Gasteiger partial charge in [0.25, 0.3) is 11.8 Å². The fourth-order valence-electron chi connectivity index (χ4n) is 1.83. The number of amides is 2. The van der Waals surface area contributed by atoms with E-state index >= 15 is 0 Å². The molecule has 0 atom stereocenters. The van der Waals surface area contributed by atoms with Crippen LogP contribution < -0.4 is 10.9 Å². The summed E-state index contributed by atoms with van der Waals surface area (Å²) in [6.07, 6.45) is 0.882. The number of thiophene rings is 1. The molecule has 1 aromatic heterocycles. The number of halogens is 1. The van der Waals surface area contributed by atoms with Gasteiger partial charge in [0, 0.05) is 15.5 Å². The van der Waals surface area contributed by atoms with Gasteiger partial charge in [-0.2, -0.15) is 0 Å². The van der Waals surface area contributed by atoms with Crippen LogP contribution in [0.1, 0.15) is 37.4 Å². The maximum atomic E-state index is 12.0. The molecule has 2 amide bonds. The number of aryl methyl sites for hydroxylation is 2. The van der Waals surface area contributed by atoms with Gasteiger partial charge in [-0.1, -0.05) is 18.5 Å². The Bertz CT molecular complexity index is 665. The molecule has 0 unspecified atom stereocenters. The Hall–Kier alpha value is -1.85. The second kappa shape index (κ2) is 6.74. The van der Waals surface area contributed by atoms with Gasteiger partial charge in [0.15, 0.2) is 0 Å². The van der Waals surface area contributed by atoms with Crippen molar-refractivity contribution in [3.63, 3.8) is 0 Å². The molecule has 2 N–H and O–H groups in total. The van der Waals surface area contributed by atoms with Crippen molar-refractivity contribution in [1.29, 1.82) is 0 Å². The molecule has 0 saturated carbocycles. The molecule has 1 aromatic carbocycles. The van der Waals surface area contributed by atoms with Crippen LogP contribution in [-0.2, 0) is 6.42 Å². The highest BCUT2D eigenvalue weighted by molar-refractivity contribution is 7.14. The summed E-state index contributed by atoms with van der Waals surface area (Å²) in [5, 5.41) is 0.553. The van der Waals surface area contributed by atoms with E-state index in [2.05, 4.69) is 10.9 Å². The zero-order valence-corrected chi connectivity index (χ0v) is 13.3. The fraction of sp³-hybridized carbons (Fsp3) is 0.200. The first-order valence-corrected chi connectivity index (χ1v) is 7.66. The molecule has 110 valence electrons. The second-order valence-electron chi connectivity index (χ2n) is 4.46. The van der Waals surface area contributed by atoms with Crippen molar-refractivity contribution in [2.24, 2.45) is 0 Å². The van der Waals surface area contributed by atoms with E-state index in [9.17, 15) is 9.59 Å². The molecular formula is C15H15ClN2O2S. The average Bonchev–Trinajstić information content (AvgIpc) is 2.86. The summed E-state index contributed by atoms with van der Waals surface area (Å²) in [7, 11) is 0. The molecule has 0 saturated heterocycles. The molecule has 0 aliphatic rings. The summed E-state index contributed by atoms with van der Waals surface area (Å²) in [6, 6.07) is 8.27. The predicted octanol–water partition coefficient (Wildman–Crippen LogP) is 3.35. The lowest BCUT2D eigenvalue weighted by Gasteiger charge is -2.06. The van der Waals surface area contributed by atoms with Gasteiger partial charge in [0.1, 0.15) is 0 Å². The van der Waals surface area contributed by atoms with E-state index in [0.717, 1.165) is 16.9 Å². The highest BCUT2D eigenvalue weighted by atomic mass is 35.5. The molecule has 0 aliphatic carbocycles. The quantitative estimate of drug-likeness (QED) is 0.851. The number of hydrogen-bond donors (Lipinski definition) is 2. The molecule has 0 spiro atoms. The number of hydrogen-bond acceptors (Lipinski definition) is 3. The van der Waals surface area contributed by atoms with E-state index in [1.165, 1.54) is 11.3 Å². The lowest BCUT2D eigenvalue weighted by Crippen LogP contribution is -2.41. The van der Waals surface area contributed by atoms with Crippen LogP contribution in [0.2, 0.25) is 5.02 Å². The number of hydrazine groups is 1. The molecule has 4 nitrogen and oxygen atoms in total.